The molecule has 3 nitrogen and oxygen atoms in total. The Morgan fingerprint density at radius 2 is 1.89 bits per heavy atom. The molecule has 0 amide bonds. The van der Waals surface area contributed by atoms with Gasteiger partial charge in [0, 0.05) is 5.69 Å². The molecule has 98 valence electrons. The molecule has 0 N–H and O–H groups in total. The van der Waals surface area contributed by atoms with Gasteiger partial charge in [-0.1, -0.05) is 18.6 Å². The van der Waals surface area contributed by atoms with Crippen molar-refractivity contribution in [3.63, 3.8) is 0 Å². The monoisotopic (exact) mass is 255 g/mol. The Balaban J connectivity index is 2.38. The molecule has 3 heteroatoms. The number of carbonyl (C=O) groups excluding carboxylic acids is 1. The van der Waals surface area contributed by atoms with Gasteiger partial charge in [-0.2, -0.15) is 0 Å². The van der Waals surface area contributed by atoms with Crippen molar-refractivity contribution in [2.75, 3.05) is 0 Å². The predicted molar refractivity (Wildman–Crippen MR) is 75.0 cm³/mol. The van der Waals surface area contributed by atoms with E-state index in [0.717, 1.165) is 29.7 Å². The Bertz CT molecular complexity index is 606. The number of pyridine rings is 1. The maximum absolute atomic E-state index is 11.1. The van der Waals surface area contributed by atoms with Crippen molar-refractivity contribution in [3.8, 4) is 11.5 Å². The number of carbonyl (C=O) groups is 1. The minimum atomic E-state index is 0.558. The third-order valence-corrected chi connectivity index (χ3v) is 2.92. The molecule has 0 spiro atoms. The van der Waals surface area contributed by atoms with Crippen molar-refractivity contribution < 1.29 is 9.53 Å². The van der Waals surface area contributed by atoms with Crippen LogP contribution in [-0.2, 0) is 6.42 Å². The molecule has 19 heavy (non-hydrogen) atoms. The molecule has 1 aromatic carbocycles. The number of aromatic nitrogens is 1. The Hall–Kier alpha value is -2.16. The summed E-state index contributed by atoms with van der Waals surface area (Å²) >= 11 is 0. The molecule has 0 saturated heterocycles. The van der Waals surface area contributed by atoms with Crippen LogP contribution in [0.5, 0.6) is 11.5 Å². The van der Waals surface area contributed by atoms with Crippen LogP contribution in [0, 0.1) is 13.8 Å². The van der Waals surface area contributed by atoms with Crippen LogP contribution in [0.1, 0.15) is 34.2 Å². The van der Waals surface area contributed by atoms with E-state index in [1.807, 2.05) is 51.1 Å². The maximum atomic E-state index is 11.1. The lowest BCUT2D eigenvalue weighted by Crippen LogP contribution is -1.97. The zero-order valence-electron chi connectivity index (χ0n) is 11.4. The minimum absolute atomic E-state index is 0.558. The fourth-order valence-electron chi connectivity index (χ4n) is 1.92. The fourth-order valence-corrected chi connectivity index (χ4v) is 1.92. The van der Waals surface area contributed by atoms with Crippen molar-refractivity contribution in [2.45, 2.75) is 27.2 Å². The van der Waals surface area contributed by atoms with Gasteiger partial charge < -0.3 is 4.74 Å². The molecule has 0 aliphatic carbocycles. The molecule has 0 unspecified atom stereocenters. The van der Waals surface area contributed by atoms with E-state index in [1.54, 1.807) is 0 Å². The number of benzene rings is 1. The van der Waals surface area contributed by atoms with E-state index in [-0.39, 0.29) is 0 Å². The molecule has 0 fully saturated rings. The number of hydrogen-bond acceptors (Lipinski definition) is 3. The summed E-state index contributed by atoms with van der Waals surface area (Å²) in [5.74, 6) is 1.28. The first-order valence-corrected chi connectivity index (χ1v) is 6.34. The summed E-state index contributed by atoms with van der Waals surface area (Å²) in [7, 11) is 0. The Kier molecular flexibility index (Phi) is 3.95. The van der Waals surface area contributed by atoms with Gasteiger partial charge in [0.25, 0.3) is 0 Å². The van der Waals surface area contributed by atoms with Crippen molar-refractivity contribution >= 4 is 6.29 Å². The SMILES string of the molecule is CCc1nc(C)ccc1Oc1ccc(C)cc1C=O. The Morgan fingerprint density at radius 3 is 2.58 bits per heavy atom. The summed E-state index contributed by atoms with van der Waals surface area (Å²) in [6.45, 7) is 5.93. The number of nitrogens with zero attached hydrogens (tertiary/aromatic N) is 1. The minimum Gasteiger partial charge on any atom is -0.455 e. The van der Waals surface area contributed by atoms with E-state index in [0.29, 0.717) is 17.1 Å². The highest BCUT2D eigenvalue weighted by molar-refractivity contribution is 5.79. The highest BCUT2D eigenvalue weighted by atomic mass is 16.5. The molecule has 0 saturated carbocycles. The second kappa shape index (κ2) is 5.65. The summed E-state index contributed by atoms with van der Waals surface area (Å²) in [6.07, 6.45) is 1.61. The maximum Gasteiger partial charge on any atom is 0.153 e. The summed E-state index contributed by atoms with van der Waals surface area (Å²) < 4.78 is 5.84. The molecule has 0 bridgehead atoms. The van der Waals surface area contributed by atoms with Gasteiger partial charge in [-0.05, 0) is 44.5 Å². The van der Waals surface area contributed by atoms with Gasteiger partial charge in [-0.3, -0.25) is 9.78 Å². The summed E-state index contributed by atoms with van der Waals surface area (Å²) in [5.41, 5.74) is 3.45. The van der Waals surface area contributed by atoms with E-state index in [4.69, 9.17) is 4.74 Å². The molecule has 0 radical (unpaired) electrons. The zero-order valence-corrected chi connectivity index (χ0v) is 11.4. The standard InChI is InChI=1S/C16H17NO2/c1-4-14-16(8-6-12(3)17-14)19-15-7-5-11(2)9-13(15)10-18/h5-10H,4H2,1-3H3. The zero-order chi connectivity index (χ0) is 13.8. The molecular formula is C16H17NO2. The van der Waals surface area contributed by atoms with Gasteiger partial charge in [-0.25, -0.2) is 0 Å². The summed E-state index contributed by atoms with van der Waals surface area (Å²) in [4.78, 5) is 15.5. The van der Waals surface area contributed by atoms with E-state index >= 15 is 0 Å². The normalized spacial score (nSPS) is 10.3. The molecule has 1 aromatic heterocycles. The Labute approximate surface area is 113 Å². The Morgan fingerprint density at radius 1 is 1.16 bits per heavy atom. The lowest BCUT2D eigenvalue weighted by Gasteiger charge is -2.12. The lowest BCUT2D eigenvalue weighted by atomic mass is 10.1. The first kappa shape index (κ1) is 13.3. The molecule has 2 rings (SSSR count). The van der Waals surface area contributed by atoms with Crippen LogP contribution in [0.3, 0.4) is 0 Å². The highest BCUT2D eigenvalue weighted by Gasteiger charge is 2.09. The topological polar surface area (TPSA) is 39.2 Å². The van der Waals surface area contributed by atoms with E-state index in [9.17, 15) is 4.79 Å². The molecule has 2 aromatic rings. The molecule has 0 atom stereocenters. The molecule has 0 aliphatic heterocycles. The van der Waals surface area contributed by atoms with Crippen molar-refractivity contribution in [1.29, 1.82) is 0 Å². The molecule has 0 aliphatic rings. The number of hydrogen-bond donors (Lipinski definition) is 0. The number of aryl methyl sites for hydroxylation is 3. The van der Waals surface area contributed by atoms with Crippen LogP contribution in [-0.4, -0.2) is 11.3 Å². The van der Waals surface area contributed by atoms with Gasteiger partial charge in [0.15, 0.2) is 6.29 Å². The van der Waals surface area contributed by atoms with Gasteiger partial charge in [0.2, 0.25) is 0 Å². The second-order valence-electron chi connectivity index (χ2n) is 4.51. The van der Waals surface area contributed by atoms with Gasteiger partial charge in [0.05, 0.1) is 11.3 Å². The number of rotatable bonds is 4. The van der Waals surface area contributed by atoms with E-state index in [1.165, 1.54) is 0 Å². The van der Waals surface area contributed by atoms with Crippen LogP contribution in [0.4, 0.5) is 0 Å². The average Bonchev–Trinajstić information content (AvgIpc) is 2.42. The van der Waals surface area contributed by atoms with Crippen molar-refractivity contribution in [1.82, 2.24) is 4.98 Å². The van der Waals surface area contributed by atoms with Crippen LogP contribution < -0.4 is 4.74 Å². The predicted octanol–water partition coefficient (Wildman–Crippen LogP) is 3.87. The lowest BCUT2D eigenvalue weighted by molar-refractivity contribution is 0.112. The van der Waals surface area contributed by atoms with Crippen LogP contribution in [0.15, 0.2) is 30.3 Å². The van der Waals surface area contributed by atoms with Crippen molar-refractivity contribution in [2.24, 2.45) is 0 Å². The van der Waals surface area contributed by atoms with Crippen molar-refractivity contribution in [3.05, 3.63) is 52.8 Å². The number of ether oxygens (including phenoxy) is 1. The van der Waals surface area contributed by atoms with E-state index in [2.05, 4.69) is 4.98 Å². The summed E-state index contributed by atoms with van der Waals surface area (Å²) in [6, 6.07) is 9.36. The fraction of sp³-hybridized carbons (Fsp3) is 0.250. The quantitative estimate of drug-likeness (QED) is 0.778. The smallest absolute Gasteiger partial charge is 0.153 e. The van der Waals surface area contributed by atoms with Crippen LogP contribution in [0.2, 0.25) is 0 Å². The third kappa shape index (κ3) is 2.99. The first-order chi connectivity index (χ1) is 9.13. The van der Waals surface area contributed by atoms with Gasteiger partial charge >= 0.3 is 0 Å². The van der Waals surface area contributed by atoms with Crippen LogP contribution in [0.25, 0.3) is 0 Å². The molecule has 1 heterocycles. The molecular weight excluding hydrogens is 238 g/mol. The second-order valence-corrected chi connectivity index (χ2v) is 4.51. The largest absolute Gasteiger partial charge is 0.455 e. The third-order valence-electron chi connectivity index (χ3n) is 2.92. The highest BCUT2D eigenvalue weighted by Crippen LogP contribution is 2.27. The first-order valence-electron chi connectivity index (χ1n) is 6.34. The average molecular weight is 255 g/mol. The van der Waals surface area contributed by atoms with Gasteiger partial charge in [0.1, 0.15) is 11.5 Å². The number of aldehydes is 1. The summed E-state index contributed by atoms with van der Waals surface area (Å²) in [5, 5.41) is 0. The van der Waals surface area contributed by atoms with Crippen LogP contribution >= 0.6 is 0 Å². The van der Waals surface area contributed by atoms with Gasteiger partial charge in [-0.15, -0.1) is 0 Å². The van der Waals surface area contributed by atoms with E-state index < -0.39 is 0 Å².